The summed E-state index contributed by atoms with van der Waals surface area (Å²) in [6.45, 7) is 5.72. The molecule has 29 heavy (non-hydrogen) atoms. The molecule has 1 unspecified atom stereocenters. The predicted octanol–water partition coefficient (Wildman–Crippen LogP) is 2.09. The second kappa shape index (κ2) is 6.74. The normalized spacial score (nSPS) is 20.9. The van der Waals surface area contributed by atoms with E-state index in [-0.39, 0.29) is 17.9 Å². The summed E-state index contributed by atoms with van der Waals surface area (Å²) >= 11 is 0. The standard InChI is InChI=1S/C23H23N3O3/c1-2-22(28)24-12-18(13-24)26-11-16-7-8-17(10-20(16)23(26)29)25-14-19(27)9-15-5-3-4-6-21(15)25/h2-8,10,18-19,27H,1,9,11-14H2. The molecule has 0 aromatic heterocycles. The summed E-state index contributed by atoms with van der Waals surface area (Å²) in [5.41, 5.74) is 4.84. The van der Waals surface area contributed by atoms with Gasteiger partial charge in [-0.15, -0.1) is 0 Å². The van der Waals surface area contributed by atoms with E-state index in [9.17, 15) is 14.7 Å². The molecule has 1 atom stereocenters. The fourth-order valence-electron chi connectivity index (χ4n) is 4.55. The summed E-state index contributed by atoms with van der Waals surface area (Å²) in [4.78, 5) is 30.4. The van der Waals surface area contributed by atoms with Crippen molar-refractivity contribution in [2.75, 3.05) is 24.5 Å². The van der Waals surface area contributed by atoms with Crippen LogP contribution in [0.5, 0.6) is 0 Å². The van der Waals surface area contributed by atoms with Gasteiger partial charge in [0.05, 0.1) is 12.1 Å². The van der Waals surface area contributed by atoms with Crippen LogP contribution in [0.4, 0.5) is 11.4 Å². The van der Waals surface area contributed by atoms with Crippen LogP contribution in [0, 0.1) is 0 Å². The number of hydrogen-bond acceptors (Lipinski definition) is 4. The zero-order chi connectivity index (χ0) is 20.1. The highest BCUT2D eigenvalue weighted by atomic mass is 16.3. The fourth-order valence-corrected chi connectivity index (χ4v) is 4.55. The molecule has 5 rings (SSSR count). The summed E-state index contributed by atoms with van der Waals surface area (Å²) in [6, 6.07) is 14.1. The second-order valence-electron chi connectivity index (χ2n) is 7.97. The van der Waals surface area contributed by atoms with Crippen LogP contribution < -0.4 is 4.90 Å². The highest BCUT2D eigenvalue weighted by Crippen LogP contribution is 2.36. The van der Waals surface area contributed by atoms with E-state index in [1.807, 2.05) is 41.3 Å². The Hall–Kier alpha value is -3.12. The van der Waals surface area contributed by atoms with Gasteiger partial charge >= 0.3 is 0 Å². The Morgan fingerprint density at radius 2 is 1.90 bits per heavy atom. The molecule has 6 heteroatoms. The molecule has 2 amide bonds. The number of benzene rings is 2. The average molecular weight is 389 g/mol. The van der Waals surface area contributed by atoms with Gasteiger partial charge < -0.3 is 19.8 Å². The summed E-state index contributed by atoms with van der Waals surface area (Å²) in [7, 11) is 0. The lowest BCUT2D eigenvalue weighted by Gasteiger charge is -2.43. The van der Waals surface area contributed by atoms with Crippen molar-refractivity contribution >= 4 is 23.2 Å². The zero-order valence-corrected chi connectivity index (χ0v) is 16.1. The molecule has 1 N–H and O–H groups in total. The van der Waals surface area contributed by atoms with Crippen molar-refractivity contribution in [3.8, 4) is 0 Å². The molecule has 3 aliphatic heterocycles. The predicted molar refractivity (Wildman–Crippen MR) is 110 cm³/mol. The van der Waals surface area contributed by atoms with Gasteiger partial charge in [0.1, 0.15) is 0 Å². The monoisotopic (exact) mass is 389 g/mol. The minimum atomic E-state index is -0.436. The molecule has 0 spiro atoms. The van der Waals surface area contributed by atoms with Gasteiger partial charge in [-0.05, 0) is 35.4 Å². The Balaban J connectivity index is 1.39. The lowest BCUT2D eigenvalue weighted by Crippen LogP contribution is -2.60. The molecule has 3 aliphatic rings. The van der Waals surface area contributed by atoms with E-state index in [1.165, 1.54) is 6.08 Å². The van der Waals surface area contributed by atoms with Crippen molar-refractivity contribution in [1.82, 2.24) is 9.80 Å². The minimum Gasteiger partial charge on any atom is -0.391 e. The average Bonchev–Trinajstić information content (AvgIpc) is 3.01. The van der Waals surface area contributed by atoms with Crippen LogP contribution in [0.3, 0.4) is 0 Å². The Bertz CT molecular complexity index is 1010. The minimum absolute atomic E-state index is 0.0170. The maximum atomic E-state index is 13.1. The number of aliphatic hydroxyl groups is 1. The molecule has 0 aliphatic carbocycles. The first-order valence-corrected chi connectivity index (χ1v) is 9.94. The van der Waals surface area contributed by atoms with Crippen molar-refractivity contribution in [2.45, 2.75) is 25.1 Å². The van der Waals surface area contributed by atoms with Crippen LogP contribution in [0.15, 0.2) is 55.1 Å². The maximum absolute atomic E-state index is 13.1. The number of carbonyl (C=O) groups is 2. The molecule has 0 saturated carbocycles. The van der Waals surface area contributed by atoms with Gasteiger partial charge in [-0.2, -0.15) is 0 Å². The Kier molecular flexibility index (Phi) is 4.17. The molecule has 0 radical (unpaired) electrons. The molecule has 148 valence electrons. The van der Waals surface area contributed by atoms with Gasteiger partial charge in [0.2, 0.25) is 5.91 Å². The molecule has 6 nitrogen and oxygen atoms in total. The van der Waals surface area contributed by atoms with Crippen molar-refractivity contribution in [3.63, 3.8) is 0 Å². The SMILES string of the molecule is C=CC(=O)N1CC(N2Cc3ccc(N4CC(O)Cc5ccccc54)cc3C2=O)C1. The number of amides is 2. The van der Waals surface area contributed by atoms with Gasteiger partial charge in [0.25, 0.3) is 5.91 Å². The fraction of sp³-hybridized carbons (Fsp3) is 0.304. The van der Waals surface area contributed by atoms with E-state index in [1.54, 1.807) is 4.90 Å². The van der Waals surface area contributed by atoms with Crippen LogP contribution in [-0.2, 0) is 17.8 Å². The van der Waals surface area contributed by atoms with Crippen molar-refractivity contribution in [2.24, 2.45) is 0 Å². The summed E-state index contributed by atoms with van der Waals surface area (Å²) in [5.74, 6) is -0.0709. The number of rotatable bonds is 3. The third kappa shape index (κ3) is 2.91. The van der Waals surface area contributed by atoms with Crippen LogP contribution in [0.1, 0.15) is 21.5 Å². The molecule has 0 bridgehead atoms. The molecule has 2 aromatic carbocycles. The molecular formula is C23H23N3O3. The van der Waals surface area contributed by atoms with E-state index in [0.717, 1.165) is 22.5 Å². The third-order valence-corrected chi connectivity index (χ3v) is 6.16. The number of anilines is 2. The van der Waals surface area contributed by atoms with E-state index >= 15 is 0 Å². The Labute approximate surface area is 169 Å². The number of nitrogens with zero attached hydrogens (tertiary/aromatic N) is 3. The Morgan fingerprint density at radius 1 is 1.10 bits per heavy atom. The first kappa shape index (κ1) is 17.9. The molecular weight excluding hydrogens is 366 g/mol. The van der Waals surface area contributed by atoms with Crippen LogP contribution in [0.2, 0.25) is 0 Å². The largest absolute Gasteiger partial charge is 0.391 e. The number of para-hydroxylation sites is 1. The van der Waals surface area contributed by atoms with Gasteiger partial charge in [0.15, 0.2) is 0 Å². The zero-order valence-electron chi connectivity index (χ0n) is 16.1. The van der Waals surface area contributed by atoms with E-state index < -0.39 is 6.10 Å². The highest BCUT2D eigenvalue weighted by molar-refractivity contribution is 6.00. The molecule has 3 heterocycles. The summed E-state index contributed by atoms with van der Waals surface area (Å²) < 4.78 is 0. The molecule has 1 fully saturated rings. The van der Waals surface area contributed by atoms with E-state index in [2.05, 4.69) is 17.5 Å². The number of carbonyl (C=O) groups excluding carboxylic acids is 2. The third-order valence-electron chi connectivity index (χ3n) is 6.16. The van der Waals surface area contributed by atoms with E-state index in [0.29, 0.717) is 38.2 Å². The van der Waals surface area contributed by atoms with Gasteiger partial charge in [-0.1, -0.05) is 30.8 Å². The van der Waals surface area contributed by atoms with Crippen molar-refractivity contribution in [3.05, 3.63) is 71.8 Å². The Morgan fingerprint density at radius 3 is 2.69 bits per heavy atom. The summed E-state index contributed by atoms with van der Waals surface area (Å²) in [5, 5.41) is 10.3. The quantitative estimate of drug-likeness (QED) is 0.817. The maximum Gasteiger partial charge on any atom is 0.254 e. The number of β-amino-alcohol motifs (C(OH)–C–C–N with tert-alkyl or cyclic N) is 1. The van der Waals surface area contributed by atoms with Crippen LogP contribution in [-0.4, -0.2) is 58.5 Å². The number of aliphatic hydroxyl groups excluding tert-OH is 1. The molecule has 1 saturated heterocycles. The summed E-state index contributed by atoms with van der Waals surface area (Å²) in [6.07, 6.45) is 1.52. The second-order valence-corrected chi connectivity index (χ2v) is 7.97. The number of hydrogen-bond donors (Lipinski definition) is 1. The number of fused-ring (bicyclic) bond motifs is 2. The van der Waals surface area contributed by atoms with Crippen LogP contribution in [0.25, 0.3) is 0 Å². The smallest absolute Gasteiger partial charge is 0.254 e. The lowest BCUT2D eigenvalue weighted by molar-refractivity contribution is -0.132. The van der Waals surface area contributed by atoms with Crippen molar-refractivity contribution in [1.29, 1.82) is 0 Å². The first-order chi connectivity index (χ1) is 14.0. The van der Waals surface area contributed by atoms with Gasteiger partial charge in [-0.25, -0.2) is 0 Å². The highest BCUT2D eigenvalue weighted by Gasteiger charge is 2.40. The number of likely N-dealkylation sites (tertiary alicyclic amines) is 1. The van der Waals surface area contributed by atoms with Gasteiger partial charge in [-0.3, -0.25) is 9.59 Å². The topological polar surface area (TPSA) is 64.1 Å². The van der Waals surface area contributed by atoms with E-state index in [4.69, 9.17) is 0 Å². The van der Waals surface area contributed by atoms with Gasteiger partial charge in [0, 0.05) is 49.5 Å². The van der Waals surface area contributed by atoms with Crippen molar-refractivity contribution < 1.29 is 14.7 Å². The van der Waals surface area contributed by atoms with Crippen LogP contribution >= 0.6 is 0 Å². The first-order valence-electron chi connectivity index (χ1n) is 9.94. The lowest BCUT2D eigenvalue weighted by atomic mass is 9.98. The molecule has 2 aromatic rings.